The Morgan fingerprint density at radius 1 is 1.29 bits per heavy atom. The van der Waals surface area contributed by atoms with Crippen molar-refractivity contribution in [3.63, 3.8) is 0 Å². The maximum Gasteiger partial charge on any atom is 0.268 e. The van der Waals surface area contributed by atoms with Crippen LogP contribution in [0.15, 0.2) is 4.79 Å². The van der Waals surface area contributed by atoms with Gasteiger partial charge in [0.2, 0.25) is 0 Å². The van der Waals surface area contributed by atoms with E-state index in [0.717, 1.165) is 24.8 Å². The van der Waals surface area contributed by atoms with Crippen LogP contribution in [0.3, 0.4) is 0 Å². The molecule has 1 aromatic rings. The predicted octanol–water partition coefficient (Wildman–Crippen LogP) is 3.40. The summed E-state index contributed by atoms with van der Waals surface area (Å²) in [5, 5.41) is 2.99. The zero-order valence-electron chi connectivity index (χ0n) is 12.1. The summed E-state index contributed by atoms with van der Waals surface area (Å²) in [6.45, 7) is 12.7. The lowest BCUT2D eigenvalue weighted by Gasteiger charge is -2.20. The van der Waals surface area contributed by atoms with E-state index in [0.29, 0.717) is 6.04 Å². The molecule has 0 radical (unpaired) electrons. The maximum atomic E-state index is 12.1. The van der Waals surface area contributed by atoms with E-state index < -0.39 is 0 Å². The van der Waals surface area contributed by atoms with Crippen molar-refractivity contribution in [1.29, 1.82) is 0 Å². The Balaban J connectivity index is 3.32. The van der Waals surface area contributed by atoms with Crippen LogP contribution in [0, 0.1) is 0 Å². The minimum atomic E-state index is -0.0865. The standard InChI is InChI=1S/C14H26N2O/c1-7-8-9-11-12(14(4,5)6)13(17)15-16(11)10(2)3/h10H,7-9H2,1-6H3,(H,15,17). The highest BCUT2D eigenvalue weighted by Gasteiger charge is 2.26. The van der Waals surface area contributed by atoms with Gasteiger partial charge in [-0.05, 0) is 32.1 Å². The molecule has 0 spiro atoms. The molecule has 0 fully saturated rings. The van der Waals surface area contributed by atoms with Crippen LogP contribution in [-0.2, 0) is 11.8 Å². The Morgan fingerprint density at radius 3 is 2.29 bits per heavy atom. The third kappa shape index (κ3) is 3.02. The molecule has 3 nitrogen and oxygen atoms in total. The lowest BCUT2D eigenvalue weighted by molar-refractivity contribution is 0.494. The first-order valence-corrected chi connectivity index (χ1v) is 6.62. The van der Waals surface area contributed by atoms with Gasteiger partial charge < -0.3 is 0 Å². The van der Waals surface area contributed by atoms with Crippen molar-refractivity contribution in [2.45, 2.75) is 72.3 Å². The number of nitrogens with one attached hydrogen (secondary N) is 1. The minimum absolute atomic E-state index is 0.0808. The fourth-order valence-electron chi connectivity index (χ4n) is 2.29. The lowest BCUT2D eigenvalue weighted by atomic mass is 9.86. The Bertz CT molecular complexity index is 418. The fourth-order valence-corrected chi connectivity index (χ4v) is 2.29. The van der Waals surface area contributed by atoms with E-state index in [1.807, 2.05) is 4.68 Å². The fraction of sp³-hybridized carbons (Fsp3) is 0.786. The molecule has 0 aromatic carbocycles. The van der Waals surface area contributed by atoms with Gasteiger partial charge in [0, 0.05) is 17.3 Å². The van der Waals surface area contributed by atoms with Gasteiger partial charge in [0.15, 0.2) is 0 Å². The van der Waals surface area contributed by atoms with Gasteiger partial charge in [0.25, 0.3) is 5.56 Å². The summed E-state index contributed by atoms with van der Waals surface area (Å²) >= 11 is 0. The summed E-state index contributed by atoms with van der Waals surface area (Å²) in [6, 6.07) is 0.311. The molecule has 98 valence electrons. The number of aromatic nitrogens is 2. The van der Waals surface area contributed by atoms with Gasteiger partial charge in [-0.25, -0.2) is 0 Å². The molecule has 0 aliphatic rings. The molecular weight excluding hydrogens is 212 g/mol. The van der Waals surface area contributed by atoms with Gasteiger partial charge in [-0.15, -0.1) is 0 Å². The highest BCUT2D eigenvalue weighted by Crippen LogP contribution is 2.25. The number of unbranched alkanes of at least 4 members (excludes halogenated alkanes) is 1. The molecule has 17 heavy (non-hydrogen) atoms. The first-order chi connectivity index (χ1) is 7.79. The molecule has 1 rings (SSSR count). The zero-order chi connectivity index (χ0) is 13.2. The summed E-state index contributed by atoms with van der Waals surface area (Å²) in [4.78, 5) is 12.1. The van der Waals surface area contributed by atoms with Crippen molar-refractivity contribution in [3.8, 4) is 0 Å². The molecule has 0 saturated heterocycles. The smallest absolute Gasteiger partial charge is 0.268 e. The Kier molecular flexibility index (Phi) is 4.23. The van der Waals surface area contributed by atoms with Crippen molar-refractivity contribution < 1.29 is 0 Å². The van der Waals surface area contributed by atoms with E-state index in [-0.39, 0.29) is 11.0 Å². The van der Waals surface area contributed by atoms with Gasteiger partial charge in [0.05, 0.1) is 0 Å². The van der Waals surface area contributed by atoms with E-state index >= 15 is 0 Å². The summed E-state index contributed by atoms with van der Waals surface area (Å²) in [5.74, 6) is 0. The molecule has 1 heterocycles. The molecule has 0 atom stereocenters. The van der Waals surface area contributed by atoms with Crippen LogP contribution >= 0.6 is 0 Å². The minimum Gasteiger partial charge on any atom is -0.286 e. The molecule has 3 heteroatoms. The van der Waals surface area contributed by atoms with Crippen LogP contribution in [0.1, 0.15) is 71.7 Å². The van der Waals surface area contributed by atoms with E-state index in [2.05, 4.69) is 46.6 Å². The predicted molar refractivity (Wildman–Crippen MR) is 72.7 cm³/mol. The first kappa shape index (κ1) is 14.1. The topological polar surface area (TPSA) is 37.8 Å². The van der Waals surface area contributed by atoms with Crippen molar-refractivity contribution in [1.82, 2.24) is 9.78 Å². The first-order valence-electron chi connectivity index (χ1n) is 6.62. The molecular formula is C14H26N2O. The number of hydrogen-bond donors (Lipinski definition) is 1. The SMILES string of the molecule is CCCCc1c(C(C)(C)C)c(=O)[nH]n1C(C)C. The quantitative estimate of drug-likeness (QED) is 0.857. The van der Waals surface area contributed by atoms with Gasteiger partial charge in [-0.1, -0.05) is 34.1 Å². The number of aromatic amines is 1. The highest BCUT2D eigenvalue weighted by atomic mass is 16.1. The summed E-state index contributed by atoms with van der Waals surface area (Å²) < 4.78 is 2.04. The van der Waals surface area contributed by atoms with Gasteiger partial charge in [0.1, 0.15) is 0 Å². The number of nitrogens with zero attached hydrogens (tertiary/aromatic N) is 1. The van der Waals surface area contributed by atoms with Crippen LogP contribution in [0.4, 0.5) is 0 Å². The van der Waals surface area contributed by atoms with E-state index in [1.54, 1.807) is 0 Å². The number of H-pyrrole nitrogens is 1. The van der Waals surface area contributed by atoms with E-state index in [1.165, 1.54) is 5.69 Å². The van der Waals surface area contributed by atoms with Crippen molar-refractivity contribution in [2.75, 3.05) is 0 Å². The van der Waals surface area contributed by atoms with E-state index in [4.69, 9.17) is 0 Å². The Hall–Kier alpha value is -0.990. The molecule has 0 unspecified atom stereocenters. The number of hydrogen-bond acceptors (Lipinski definition) is 1. The lowest BCUT2D eigenvalue weighted by Crippen LogP contribution is -2.22. The van der Waals surface area contributed by atoms with Crippen molar-refractivity contribution >= 4 is 0 Å². The molecule has 1 aromatic heterocycles. The number of rotatable bonds is 4. The monoisotopic (exact) mass is 238 g/mol. The second kappa shape index (κ2) is 5.11. The molecule has 1 N–H and O–H groups in total. The summed E-state index contributed by atoms with van der Waals surface area (Å²) in [5.41, 5.74) is 2.15. The van der Waals surface area contributed by atoms with Crippen molar-refractivity contribution in [2.24, 2.45) is 0 Å². The second-order valence-corrected chi connectivity index (χ2v) is 6.08. The molecule has 0 amide bonds. The summed E-state index contributed by atoms with van der Waals surface area (Å²) in [7, 11) is 0. The third-order valence-corrected chi connectivity index (χ3v) is 3.06. The van der Waals surface area contributed by atoms with Gasteiger partial charge >= 0.3 is 0 Å². The Morgan fingerprint density at radius 2 is 1.88 bits per heavy atom. The average Bonchev–Trinajstić information content (AvgIpc) is 2.51. The molecule has 0 aliphatic carbocycles. The molecule has 0 saturated carbocycles. The third-order valence-electron chi connectivity index (χ3n) is 3.06. The maximum absolute atomic E-state index is 12.1. The van der Waals surface area contributed by atoms with Crippen LogP contribution in [0.5, 0.6) is 0 Å². The largest absolute Gasteiger partial charge is 0.286 e. The van der Waals surface area contributed by atoms with Crippen LogP contribution in [0.25, 0.3) is 0 Å². The van der Waals surface area contributed by atoms with Gasteiger partial charge in [-0.2, -0.15) is 0 Å². The summed E-state index contributed by atoms with van der Waals surface area (Å²) in [6.07, 6.45) is 3.27. The van der Waals surface area contributed by atoms with Crippen LogP contribution in [0.2, 0.25) is 0 Å². The van der Waals surface area contributed by atoms with E-state index in [9.17, 15) is 4.79 Å². The van der Waals surface area contributed by atoms with Crippen LogP contribution in [-0.4, -0.2) is 9.78 Å². The molecule has 0 aliphatic heterocycles. The Labute approximate surface area is 104 Å². The van der Waals surface area contributed by atoms with Gasteiger partial charge in [-0.3, -0.25) is 14.6 Å². The van der Waals surface area contributed by atoms with Crippen molar-refractivity contribution in [3.05, 3.63) is 21.6 Å². The van der Waals surface area contributed by atoms with Crippen LogP contribution < -0.4 is 5.56 Å². The normalized spacial score (nSPS) is 12.4. The second-order valence-electron chi connectivity index (χ2n) is 6.08. The highest BCUT2D eigenvalue weighted by molar-refractivity contribution is 5.26. The zero-order valence-corrected chi connectivity index (χ0v) is 12.1. The average molecular weight is 238 g/mol. The molecule has 0 bridgehead atoms.